The number of ketones is 1. The van der Waals surface area contributed by atoms with E-state index in [1.165, 1.54) is 19.3 Å². The van der Waals surface area contributed by atoms with Gasteiger partial charge in [0.15, 0.2) is 0 Å². The van der Waals surface area contributed by atoms with E-state index < -0.39 is 0 Å². The fourth-order valence-corrected chi connectivity index (χ4v) is 8.53. The van der Waals surface area contributed by atoms with Gasteiger partial charge in [-0.25, -0.2) is 0 Å². The number of hydrogen-bond acceptors (Lipinski definition) is 4. The Balaban J connectivity index is 1.34. The van der Waals surface area contributed by atoms with Crippen LogP contribution >= 0.6 is 0 Å². The van der Waals surface area contributed by atoms with Gasteiger partial charge in [0.25, 0.3) is 0 Å². The van der Waals surface area contributed by atoms with Crippen molar-refractivity contribution in [1.29, 1.82) is 0 Å². The second-order valence-electron chi connectivity index (χ2n) is 12.0. The Bertz CT molecular complexity index is 719. The quantitative estimate of drug-likeness (QED) is 0.657. The van der Waals surface area contributed by atoms with E-state index in [9.17, 15) is 9.59 Å². The summed E-state index contributed by atoms with van der Waals surface area (Å²) < 4.78 is 6.17. The van der Waals surface area contributed by atoms with Crippen molar-refractivity contribution in [3.8, 4) is 0 Å². The molecule has 4 heteroatoms. The lowest BCUT2D eigenvalue weighted by Gasteiger charge is -2.62. The van der Waals surface area contributed by atoms with Gasteiger partial charge >= 0.3 is 5.97 Å². The third kappa shape index (κ3) is 2.80. The van der Waals surface area contributed by atoms with Crippen LogP contribution in [0.1, 0.15) is 85.5 Å². The zero-order valence-electron chi connectivity index (χ0n) is 18.8. The lowest BCUT2D eigenvalue weighted by molar-refractivity contribution is -0.194. The standard InChI is InChI=1S/C25H39NO3/c1-15(2)21-22(28)29-25(14-26-21)12-11-23(3)16(13-25)5-6-17-18-7-8-20(27)24(18,4)10-9-19(17)23/h15-19,21,26H,5-14H2,1-4H3/t16-,17-,18-,19-,21+,23-,24-,25+/m0/s1. The zero-order chi connectivity index (χ0) is 20.6. The Labute approximate surface area is 175 Å². The van der Waals surface area contributed by atoms with E-state index in [2.05, 4.69) is 33.0 Å². The summed E-state index contributed by atoms with van der Waals surface area (Å²) in [5.74, 6) is 3.51. The Kier molecular flexibility index (Phi) is 4.52. The summed E-state index contributed by atoms with van der Waals surface area (Å²) >= 11 is 0. The topological polar surface area (TPSA) is 55.4 Å². The molecule has 5 aliphatic rings. The third-order valence-corrected chi connectivity index (χ3v) is 10.4. The monoisotopic (exact) mass is 401 g/mol. The fourth-order valence-electron chi connectivity index (χ4n) is 8.53. The van der Waals surface area contributed by atoms with Gasteiger partial charge in [-0.1, -0.05) is 27.7 Å². The lowest BCUT2D eigenvalue weighted by atomic mass is 9.44. The molecule has 162 valence electrons. The molecule has 1 saturated heterocycles. The molecule has 1 aliphatic heterocycles. The van der Waals surface area contributed by atoms with Crippen molar-refractivity contribution >= 4 is 11.8 Å². The minimum atomic E-state index is -0.286. The van der Waals surface area contributed by atoms with Gasteiger partial charge in [0.05, 0.1) is 0 Å². The van der Waals surface area contributed by atoms with Gasteiger partial charge in [-0.05, 0) is 86.4 Å². The lowest BCUT2D eigenvalue weighted by Crippen LogP contribution is -2.63. The molecule has 1 heterocycles. The van der Waals surface area contributed by atoms with Crippen LogP contribution in [0, 0.1) is 40.4 Å². The molecule has 0 radical (unpaired) electrons. The number of carbonyl (C=O) groups is 2. The molecule has 5 rings (SSSR count). The van der Waals surface area contributed by atoms with Gasteiger partial charge in [0.1, 0.15) is 17.4 Å². The molecular weight excluding hydrogens is 362 g/mol. The van der Waals surface area contributed by atoms with Gasteiger partial charge in [-0.2, -0.15) is 0 Å². The van der Waals surface area contributed by atoms with Crippen LogP contribution in [0.25, 0.3) is 0 Å². The number of rotatable bonds is 1. The number of fused-ring (bicyclic) bond motifs is 5. The molecule has 0 bridgehead atoms. The predicted octanol–water partition coefficient (Wildman–Crippen LogP) is 4.51. The number of Topliss-reactive ketones (excluding diaryl/α,β-unsaturated/α-hetero) is 1. The second kappa shape index (κ2) is 6.55. The van der Waals surface area contributed by atoms with Gasteiger partial charge < -0.3 is 10.1 Å². The molecule has 4 aliphatic carbocycles. The van der Waals surface area contributed by atoms with Gasteiger partial charge in [0, 0.05) is 18.4 Å². The van der Waals surface area contributed by atoms with Gasteiger partial charge in [-0.15, -0.1) is 0 Å². The van der Waals surface area contributed by atoms with Crippen LogP contribution in [0.15, 0.2) is 0 Å². The van der Waals surface area contributed by atoms with Crippen LogP contribution < -0.4 is 5.32 Å². The molecule has 29 heavy (non-hydrogen) atoms. The largest absolute Gasteiger partial charge is 0.457 e. The van der Waals surface area contributed by atoms with E-state index in [-0.39, 0.29) is 28.9 Å². The summed E-state index contributed by atoms with van der Waals surface area (Å²) in [5, 5.41) is 3.52. The van der Waals surface area contributed by atoms with Crippen LogP contribution in [0.3, 0.4) is 0 Å². The highest BCUT2D eigenvalue weighted by Crippen LogP contribution is 2.66. The Morgan fingerprint density at radius 1 is 1.00 bits per heavy atom. The van der Waals surface area contributed by atoms with Crippen molar-refractivity contribution in [1.82, 2.24) is 5.32 Å². The second-order valence-corrected chi connectivity index (χ2v) is 12.0. The van der Waals surface area contributed by atoms with Crippen LogP contribution in [0.5, 0.6) is 0 Å². The minimum Gasteiger partial charge on any atom is -0.457 e. The molecule has 1 spiro atoms. The van der Waals surface area contributed by atoms with Gasteiger partial charge in [-0.3, -0.25) is 9.59 Å². The Hall–Kier alpha value is -0.900. The van der Waals surface area contributed by atoms with Crippen molar-refractivity contribution in [3.05, 3.63) is 0 Å². The smallest absolute Gasteiger partial charge is 0.323 e. The minimum absolute atomic E-state index is 0.0328. The van der Waals surface area contributed by atoms with E-state index in [1.807, 2.05) is 0 Å². The highest BCUT2D eigenvalue weighted by atomic mass is 16.6. The maximum atomic E-state index is 12.7. The molecule has 0 aromatic carbocycles. The summed E-state index contributed by atoms with van der Waals surface area (Å²) in [6.07, 6.45) is 9.94. The van der Waals surface area contributed by atoms with Crippen LogP contribution in [-0.4, -0.2) is 29.9 Å². The number of hydrogen-bond donors (Lipinski definition) is 1. The van der Waals surface area contributed by atoms with Crippen molar-refractivity contribution in [2.75, 3.05) is 6.54 Å². The summed E-state index contributed by atoms with van der Waals surface area (Å²) in [5.41, 5.74) is 0.0311. The molecule has 1 N–H and O–H groups in total. The maximum absolute atomic E-state index is 12.7. The van der Waals surface area contributed by atoms with E-state index in [1.54, 1.807) is 0 Å². The van der Waals surface area contributed by atoms with Crippen molar-refractivity contribution in [2.24, 2.45) is 40.4 Å². The highest BCUT2D eigenvalue weighted by Gasteiger charge is 2.62. The number of ether oxygens (including phenoxy) is 1. The Morgan fingerprint density at radius 2 is 1.79 bits per heavy atom. The first-order valence-electron chi connectivity index (χ1n) is 12.2. The van der Waals surface area contributed by atoms with Crippen LogP contribution in [0.2, 0.25) is 0 Å². The summed E-state index contributed by atoms with van der Waals surface area (Å²) in [7, 11) is 0. The first-order valence-corrected chi connectivity index (χ1v) is 12.2. The molecule has 4 saturated carbocycles. The van der Waals surface area contributed by atoms with Crippen molar-refractivity contribution in [3.63, 3.8) is 0 Å². The number of esters is 1. The molecule has 0 unspecified atom stereocenters. The SMILES string of the molecule is CC(C)[C@H]1NC[C@]2(CC[C@@]3(C)[C@@H](CC[C@@H]4[C@@H]3CC[C@]3(C)C(=O)CC[C@@H]43)C2)OC1=O. The van der Waals surface area contributed by atoms with E-state index in [0.717, 1.165) is 56.9 Å². The molecule has 0 aromatic rings. The van der Waals surface area contributed by atoms with Gasteiger partial charge in [0.2, 0.25) is 0 Å². The molecule has 8 atom stereocenters. The molecular formula is C25H39NO3. The highest BCUT2D eigenvalue weighted by molar-refractivity contribution is 5.87. The maximum Gasteiger partial charge on any atom is 0.323 e. The van der Waals surface area contributed by atoms with Crippen molar-refractivity contribution in [2.45, 2.75) is 97.1 Å². The molecule has 0 aromatic heterocycles. The van der Waals surface area contributed by atoms with E-state index in [0.29, 0.717) is 23.0 Å². The van der Waals surface area contributed by atoms with Crippen molar-refractivity contribution < 1.29 is 14.3 Å². The first-order chi connectivity index (χ1) is 13.7. The number of morpholine rings is 1. The first kappa shape index (κ1) is 20.0. The molecule has 0 amide bonds. The Morgan fingerprint density at radius 3 is 2.52 bits per heavy atom. The van der Waals surface area contributed by atoms with E-state index in [4.69, 9.17) is 4.74 Å². The average molecular weight is 402 g/mol. The van der Waals surface area contributed by atoms with Crippen LogP contribution in [0.4, 0.5) is 0 Å². The third-order valence-electron chi connectivity index (χ3n) is 10.4. The number of carbonyl (C=O) groups excluding carboxylic acids is 2. The summed E-state index contributed by atoms with van der Waals surface area (Å²) in [6, 6.07) is -0.152. The average Bonchev–Trinajstić information content (AvgIpc) is 2.97. The normalized spacial score (nSPS) is 52.1. The fraction of sp³-hybridized carbons (Fsp3) is 0.920. The summed E-state index contributed by atoms with van der Waals surface area (Å²) in [6.45, 7) is 9.79. The molecule has 4 nitrogen and oxygen atoms in total. The zero-order valence-corrected chi connectivity index (χ0v) is 18.8. The van der Waals surface area contributed by atoms with E-state index >= 15 is 0 Å². The predicted molar refractivity (Wildman–Crippen MR) is 112 cm³/mol. The number of nitrogens with one attached hydrogen (secondary N) is 1. The van der Waals surface area contributed by atoms with Crippen LogP contribution in [-0.2, 0) is 14.3 Å². The summed E-state index contributed by atoms with van der Waals surface area (Å²) in [4.78, 5) is 25.3. The molecule has 5 fully saturated rings.